The molecule has 8 heteroatoms. The van der Waals surface area contributed by atoms with Gasteiger partial charge in [0.2, 0.25) is 11.5 Å². The van der Waals surface area contributed by atoms with E-state index in [4.69, 9.17) is 9.84 Å². The SMILES string of the molecule is C[N+]1=C(C=C2C(=O)C(C=C3N(CCOC(=O)CCCC(=O)O)c4ccccc4C3(C)C)=C2O)C(C)(C)c2ccccc21. The molecule has 218 valence electrons. The Bertz CT molecular complexity index is 1620. The molecule has 0 aromatic heterocycles. The second kappa shape index (κ2) is 10.7. The number of carbonyl (C=O) groups is 3. The van der Waals surface area contributed by atoms with Gasteiger partial charge in [-0.25, -0.2) is 0 Å². The lowest BCUT2D eigenvalue weighted by atomic mass is 9.77. The number of benzene rings is 2. The minimum Gasteiger partial charge on any atom is -0.506 e. The quantitative estimate of drug-likeness (QED) is 0.234. The third kappa shape index (κ3) is 4.85. The largest absolute Gasteiger partial charge is 0.506 e. The first-order valence-electron chi connectivity index (χ1n) is 14.2. The van der Waals surface area contributed by atoms with E-state index in [9.17, 15) is 19.5 Å². The number of nitrogens with zero attached hydrogens (tertiary/aromatic N) is 2. The van der Waals surface area contributed by atoms with Crippen LogP contribution in [0.1, 0.15) is 58.1 Å². The molecule has 2 aromatic carbocycles. The fraction of sp³-hybridized carbons (Fsp3) is 0.353. The van der Waals surface area contributed by atoms with Crippen molar-refractivity contribution in [3.05, 3.63) is 94.4 Å². The van der Waals surface area contributed by atoms with Crippen LogP contribution < -0.4 is 4.90 Å². The van der Waals surface area contributed by atoms with Crippen LogP contribution in [-0.4, -0.2) is 58.4 Å². The summed E-state index contributed by atoms with van der Waals surface area (Å²) in [4.78, 5) is 38.4. The third-order valence-corrected chi connectivity index (χ3v) is 8.65. The second-order valence-electron chi connectivity index (χ2n) is 12.0. The van der Waals surface area contributed by atoms with Crippen molar-refractivity contribution in [1.82, 2.24) is 0 Å². The lowest BCUT2D eigenvalue weighted by molar-refractivity contribution is -0.401. The van der Waals surface area contributed by atoms with E-state index in [0.29, 0.717) is 12.1 Å². The number of fused-ring (bicyclic) bond motifs is 2. The maximum absolute atomic E-state index is 13.5. The normalized spacial score (nSPS) is 20.2. The van der Waals surface area contributed by atoms with Gasteiger partial charge in [0.25, 0.3) is 0 Å². The Morgan fingerprint density at radius 1 is 0.952 bits per heavy atom. The first-order valence-corrected chi connectivity index (χ1v) is 14.2. The van der Waals surface area contributed by atoms with Gasteiger partial charge in [-0.1, -0.05) is 50.2 Å². The highest BCUT2D eigenvalue weighted by molar-refractivity contribution is 6.24. The highest BCUT2D eigenvalue weighted by Crippen LogP contribution is 2.49. The minimum atomic E-state index is -0.947. The third-order valence-electron chi connectivity index (χ3n) is 8.65. The second-order valence-corrected chi connectivity index (χ2v) is 12.0. The molecule has 5 rings (SSSR count). The average Bonchev–Trinajstić information content (AvgIpc) is 3.28. The van der Waals surface area contributed by atoms with Gasteiger partial charge in [0.15, 0.2) is 5.71 Å². The van der Waals surface area contributed by atoms with Crippen molar-refractivity contribution < 1.29 is 33.9 Å². The van der Waals surface area contributed by atoms with Gasteiger partial charge in [0, 0.05) is 47.3 Å². The van der Waals surface area contributed by atoms with Crippen LogP contribution in [0.5, 0.6) is 0 Å². The first kappa shape index (κ1) is 29.0. The number of anilines is 1. The van der Waals surface area contributed by atoms with Gasteiger partial charge in [-0.2, -0.15) is 4.58 Å². The molecule has 0 bridgehead atoms. The first-order chi connectivity index (χ1) is 19.9. The molecule has 8 nitrogen and oxygen atoms in total. The summed E-state index contributed by atoms with van der Waals surface area (Å²) < 4.78 is 7.48. The van der Waals surface area contributed by atoms with Crippen molar-refractivity contribution in [2.24, 2.45) is 0 Å². The molecule has 0 spiro atoms. The number of aliphatic hydroxyl groups excluding tert-OH is 1. The lowest BCUT2D eigenvalue weighted by Gasteiger charge is -2.29. The average molecular weight is 570 g/mol. The number of ether oxygens (including phenoxy) is 1. The Balaban J connectivity index is 1.42. The number of hydrogen-bond acceptors (Lipinski definition) is 6. The van der Waals surface area contributed by atoms with Crippen LogP contribution in [0.2, 0.25) is 0 Å². The molecule has 0 unspecified atom stereocenters. The van der Waals surface area contributed by atoms with Gasteiger partial charge < -0.3 is 19.8 Å². The monoisotopic (exact) mass is 569 g/mol. The number of carboxylic acids is 1. The zero-order valence-electron chi connectivity index (χ0n) is 24.7. The predicted molar refractivity (Wildman–Crippen MR) is 160 cm³/mol. The molecule has 2 aromatic rings. The van der Waals surface area contributed by atoms with Crippen LogP contribution in [0.25, 0.3) is 0 Å². The Morgan fingerprint density at radius 2 is 1.62 bits per heavy atom. The number of carbonyl (C=O) groups excluding carboxylic acids is 2. The van der Waals surface area contributed by atoms with Crippen molar-refractivity contribution in [3.8, 4) is 0 Å². The van der Waals surface area contributed by atoms with Crippen molar-refractivity contribution in [2.75, 3.05) is 25.1 Å². The lowest BCUT2D eigenvalue weighted by Crippen LogP contribution is -2.32. The van der Waals surface area contributed by atoms with Crippen LogP contribution in [0.15, 0.2) is 83.3 Å². The summed E-state index contributed by atoms with van der Waals surface area (Å²) in [5.74, 6) is -1.64. The Kier molecular flexibility index (Phi) is 7.43. The number of para-hydroxylation sites is 2. The van der Waals surface area contributed by atoms with Gasteiger partial charge in [-0.3, -0.25) is 14.4 Å². The molecule has 0 amide bonds. The molecule has 2 heterocycles. The van der Waals surface area contributed by atoms with Crippen LogP contribution in [0.4, 0.5) is 11.4 Å². The molecule has 0 fully saturated rings. The summed E-state index contributed by atoms with van der Waals surface area (Å²) in [7, 11) is 1.97. The number of aliphatic hydroxyl groups is 1. The Morgan fingerprint density at radius 3 is 2.29 bits per heavy atom. The molecule has 0 saturated carbocycles. The summed E-state index contributed by atoms with van der Waals surface area (Å²) in [6, 6.07) is 16.1. The standard InChI is InChI=1S/C34H36N2O6/c1-33(2)23-11-6-8-13-25(23)35(5)27(33)19-21-31(40)22(32(21)41)20-28-34(3,4)24-12-7-9-14-26(24)36(28)17-18-42-30(39)16-10-15-29(37)38/h6-9,11-14,19-20H,10,15-18H2,1-5H3,(H-,37,38,40,41)/p+1. The van der Waals surface area contributed by atoms with E-state index in [1.807, 2.05) is 48.3 Å². The molecule has 0 radical (unpaired) electrons. The Labute approximate surface area is 245 Å². The van der Waals surface area contributed by atoms with E-state index >= 15 is 0 Å². The van der Waals surface area contributed by atoms with Crippen molar-refractivity contribution in [1.29, 1.82) is 0 Å². The van der Waals surface area contributed by atoms with Crippen LogP contribution in [-0.2, 0) is 30.0 Å². The molecule has 3 aliphatic rings. The van der Waals surface area contributed by atoms with Crippen LogP contribution >= 0.6 is 0 Å². The van der Waals surface area contributed by atoms with Crippen molar-refractivity contribution in [3.63, 3.8) is 0 Å². The smallest absolute Gasteiger partial charge is 0.305 e. The van der Waals surface area contributed by atoms with E-state index in [0.717, 1.165) is 28.3 Å². The molecule has 1 aliphatic carbocycles. The maximum atomic E-state index is 13.5. The topological polar surface area (TPSA) is 107 Å². The van der Waals surface area contributed by atoms with E-state index in [1.54, 1.807) is 12.2 Å². The van der Waals surface area contributed by atoms with E-state index in [-0.39, 0.29) is 48.4 Å². The van der Waals surface area contributed by atoms with Crippen molar-refractivity contribution in [2.45, 2.75) is 57.8 Å². The predicted octanol–water partition coefficient (Wildman–Crippen LogP) is 5.49. The number of aliphatic carboxylic acids is 1. The fourth-order valence-corrected chi connectivity index (χ4v) is 6.29. The van der Waals surface area contributed by atoms with Crippen molar-refractivity contribution >= 4 is 34.8 Å². The summed E-state index contributed by atoms with van der Waals surface area (Å²) >= 11 is 0. The van der Waals surface area contributed by atoms with Gasteiger partial charge in [-0.05, 0) is 38.0 Å². The van der Waals surface area contributed by atoms with Gasteiger partial charge in [0.05, 0.1) is 23.1 Å². The highest BCUT2D eigenvalue weighted by Gasteiger charge is 2.46. The van der Waals surface area contributed by atoms with Gasteiger partial charge >= 0.3 is 11.9 Å². The van der Waals surface area contributed by atoms with E-state index < -0.39 is 17.4 Å². The van der Waals surface area contributed by atoms with Crippen LogP contribution in [0.3, 0.4) is 0 Å². The van der Waals surface area contributed by atoms with E-state index in [1.165, 1.54) is 5.56 Å². The molecular formula is C34H37N2O6+. The molecule has 42 heavy (non-hydrogen) atoms. The fourth-order valence-electron chi connectivity index (χ4n) is 6.29. The van der Waals surface area contributed by atoms with Crippen LogP contribution in [0, 0.1) is 0 Å². The molecule has 0 saturated heterocycles. The number of carboxylic acid groups (broad SMARTS) is 1. The minimum absolute atomic E-state index is 0.0308. The zero-order valence-corrected chi connectivity index (χ0v) is 24.7. The molecule has 2 N–H and O–H groups in total. The molecule has 2 aliphatic heterocycles. The molecule has 0 atom stereocenters. The number of rotatable bonds is 9. The molecular weight excluding hydrogens is 532 g/mol. The summed E-state index contributed by atoms with van der Waals surface area (Å²) in [5.41, 5.74) is 5.75. The zero-order chi connectivity index (χ0) is 30.4. The number of Topliss-reactive ketones (excluding diaryl/α,β-unsaturated/α-hetero) is 1. The summed E-state index contributed by atoms with van der Waals surface area (Å²) in [6.45, 7) is 8.80. The Hall–Kier alpha value is -4.46. The summed E-state index contributed by atoms with van der Waals surface area (Å²) in [5, 5.41) is 20.0. The van der Waals surface area contributed by atoms with Gasteiger partial charge in [0.1, 0.15) is 19.4 Å². The number of esters is 1. The number of ketones is 1. The number of allylic oxidation sites excluding steroid dienone is 5. The highest BCUT2D eigenvalue weighted by atomic mass is 16.5. The summed E-state index contributed by atoms with van der Waals surface area (Å²) in [6.07, 6.45) is 3.74. The number of hydrogen-bond donors (Lipinski definition) is 2. The maximum Gasteiger partial charge on any atom is 0.305 e. The van der Waals surface area contributed by atoms with E-state index in [2.05, 4.69) is 44.4 Å². The van der Waals surface area contributed by atoms with Gasteiger partial charge in [-0.15, -0.1) is 0 Å².